The number of hydrogen-bond acceptors (Lipinski definition) is 4. The summed E-state index contributed by atoms with van der Waals surface area (Å²) >= 11 is 3.29. The first-order valence-electron chi connectivity index (χ1n) is 5.89. The molecule has 1 fully saturated rings. The van der Waals surface area contributed by atoms with Crippen molar-refractivity contribution in [1.82, 2.24) is 10.2 Å². The highest BCUT2D eigenvalue weighted by molar-refractivity contribution is 9.10. The predicted molar refractivity (Wildman–Crippen MR) is 74.3 cm³/mol. The number of likely N-dealkylation sites (N-methyl/N-ethyl adjacent to an activating group) is 1. The highest BCUT2D eigenvalue weighted by Crippen LogP contribution is 2.25. The molecular weight excluding hydrogens is 328 g/mol. The fourth-order valence-electron chi connectivity index (χ4n) is 1.92. The zero-order valence-electron chi connectivity index (χ0n) is 11.0. The van der Waals surface area contributed by atoms with Crippen molar-refractivity contribution < 1.29 is 19.1 Å². The number of halogens is 1. The van der Waals surface area contributed by atoms with E-state index in [0.717, 1.165) is 4.90 Å². The maximum atomic E-state index is 12.1. The lowest BCUT2D eigenvalue weighted by Crippen LogP contribution is -2.40. The Morgan fingerprint density at radius 3 is 2.65 bits per heavy atom. The normalized spacial score (nSPS) is 18.4. The van der Waals surface area contributed by atoms with E-state index < -0.39 is 17.9 Å². The summed E-state index contributed by atoms with van der Waals surface area (Å²) < 4.78 is 5.71. The van der Waals surface area contributed by atoms with Crippen molar-refractivity contribution in [3.8, 4) is 5.75 Å². The van der Waals surface area contributed by atoms with E-state index in [1.54, 1.807) is 18.2 Å². The van der Waals surface area contributed by atoms with E-state index in [1.165, 1.54) is 14.2 Å². The van der Waals surface area contributed by atoms with Gasteiger partial charge in [-0.2, -0.15) is 0 Å². The predicted octanol–water partition coefficient (Wildman–Crippen LogP) is 0.945. The highest BCUT2D eigenvalue weighted by Gasteiger charge is 2.37. The molecule has 1 aliphatic rings. The van der Waals surface area contributed by atoms with Crippen LogP contribution in [0.5, 0.6) is 5.75 Å². The summed E-state index contributed by atoms with van der Waals surface area (Å²) in [5.74, 6) is -0.490. The van der Waals surface area contributed by atoms with Gasteiger partial charge in [0, 0.05) is 12.6 Å². The first kappa shape index (κ1) is 14.5. The monoisotopic (exact) mass is 340 g/mol. The summed E-state index contributed by atoms with van der Waals surface area (Å²) in [6.45, 7) is 0. The van der Waals surface area contributed by atoms with Gasteiger partial charge in [-0.1, -0.05) is 0 Å². The van der Waals surface area contributed by atoms with Crippen molar-refractivity contribution in [3.63, 3.8) is 0 Å². The van der Waals surface area contributed by atoms with Crippen molar-refractivity contribution in [1.29, 1.82) is 0 Å². The van der Waals surface area contributed by atoms with Crippen molar-refractivity contribution >= 4 is 33.7 Å². The molecule has 106 valence electrons. The van der Waals surface area contributed by atoms with E-state index in [2.05, 4.69) is 21.2 Å². The van der Waals surface area contributed by atoms with E-state index in [0.29, 0.717) is 15.8 Å². The van der Waals surface area contributed by atoms with Crippen molar-refractivity contribution in [2.75, 3.05) is 14.2 Å². The third kappa shape index (κ3) is 2.67. The first-order valence-corrected chi connectivity index (χ1v) is 6.68. The molecule has 2 rings (SSSR count). The van der Waals surface area contributed by atoms with Crippen molar-refractivity contribution in [3.05, 3.63) is 28.2 Å². The van der Waals surface area contributed by atoms with Crippen LogP contribution in [0, 0.1) is 0 Å². The molecule has 1 heterocycles. The Hall–Kier alpha value is -1.89. The van der Waals surface area contributed by atoms with Crippen LogP contribution < -0.4 is 10.1 Å². The second kappa shape index (κ2) is 5.62. The Bertz CT molecular complexity index is 588. The van der Waals surface area contributed by atoms with Gasteiger partial charge in [0.25, 0.3) is 11.8 Å². The summed E-state index contributed by atoms with van der Waals surface area (Å²) in [7, 11) is 2.93. The Balaban J connectivity index is 2.11. The van der Waals surface area contributed by atoms with Crippen LogP contribution in [0.15, 0.2) is 22.7 Å². The minimum Gasteiger partial charge on any atom is -0.496 e. The second-order valence-electron chi connectivity index (χ2n) is 4.37. The zero-order chi connectivity index (χ0) is 14.9. The molecule has 0 bridgehead atoms. The number of carbonyl (C=O) groups is 3. The largest absolute Gasteiger partial charge is 0.496 e. The maximum absolute atomic E-state index is 12.1. The van der Waals surface area contributed by atoms with E-state index in [1.807, 2.05) is 0 Å². The molecule has 1 N–H and O–H groups in total. The molecule has 1 unspecified atom stereocenters. The van der Waals surface area contributed by atoms with Gasteiger partial charge in [-0.25, -0.2) is 0 Å². The zero-order valence-corrected chi connectivity index (χ0v) is 12.6. The van der Waals surface area contributed by atoms with Gasteiger partial charge in [-0.05, 0) is 34.1 Å². The smallest absolute Gasteiger partial charge is 0.252 e. The number of hydrogen-bond donors (Lipinski definition) is 1. The summed E-state index contributed by atoms with van der Waals surface area (Å²) in [4.78, 5) is 36.2. The summed E-state index contributed by atoms with van der Waals surface area (Å²) in [6, 6.07) is 4.04. The summed E-state index contributed by atoms with van der Waals surface area (Å²) in [6.07, 6.45) is -0.00159. The Kier molecular flexibility index (Phi) is 4.08. The van der Waals surface area contributed by atoms with Crippen LogP contribution in [0.2, 0.25) is 0 Å². The number of imide groups is 1. The molecule has 20 heavy (non-hydrogen) atoms. The molecule has 0 saturated carbocycles. The number of likely N-dealkylation sites (tertiary alicyclic amines) is 1. The molecule has 1 saturated heterocycles. The standard InChI is InChI=1S/C13H13BrN2O4/c1-16-11(17)6-9(13(16)19)15-12(18)7-3-4-10(20-2)8(14)5-7/h3-5,9H,6H2,1-2H3,(H,15,18). The van der Waals surface area contributed by atoms with Crippen molar-refractivity contribution in [2.24, 2.45) is 0 Å². The number of methoxy groups -OCH3 is 1. The van der Waals surface area contributed by atoms with Gasteiger partial charge in [-0.15, -0.1) is 0 Å². The number of benzene rings is 1. The number of nitrogens with zero attached hydrogens (tertiary/aromatic N) is 1. The van der Waals surface area contributed by atoms with Gasteiger partial charge in [0.1, 0.15) is 11.8 Å². The van der Waals surface area contributed by atoms with E-state index in [-0.39, 0.29) is 12.3 Å². The molecule has 3 amide bonds. The van der Waals surface area contributed by atoms with Crippen LogP contribution in [-0.4, -0.2) is 42.8 Å². The van der Waals surface area contributed by atoms with E-state index in [4.69, 9.17) is 4.74 Å². The maximum Gasteiger partial charge on any atom is 0.252 e. The lowest BCUT2D eigenvalue weighted by molar-refractivity contribution is -0.137. The molecule has 1 atom stereocenters. The lowest BCUT2D eigenvalue weighted by atomic mass is 10.1. The average molecular weight is 341 g/mol. The quantitative estimate of drug-likeness (QED) is 0.831. The van der Waals surface area contributed by atoms with Crippen LogP contribution in [0.25, 0.3) is 0 Å². The Labute approximate surface area is 124 Å². The van der Waals surface area contributed by atoms with Gasteiger partial charge in [0.2, 0.25) is 5.91 Å². The molecule has 0 radical (unpaired) electrons. The topological polar surface area (TPSA) is 75.7 Å². The molecule has 1 aliphatic heterocycles. The van der Waals surface area contributed by atoms with Crippen molar-refractivity contribution in [2.45, 2.75) is 12.5 Å². The summed E-state index contributed by atoms with van der Waals surface area (Å²) in [5, 5.41) is 2.56. The van der Waals surface area contributed by atoms with Crippen LogP contribution in [0.4, 0.5) is 0 Å². The second-order valence-corrected chi connectivity index (χ2v) is 5.22. The molecular formula is C13H13BrN2O4. The third-order valence-corrected chi connectivity index (χ3v) is 3.72. The number of nitrogens with one attached hydrogen (secondary N) is 1. The van der Waals surface area contributed by atoms with Gasteiger partial charge >= 0.3 is 0 Å². The Morgan fingerprint density at radius 1 is 1.45 bits per heavy atom. The molecule has 0 aromatic heterocycles. The Morgan fingerprint density at radius 2 is 2.15 bits per heavy atom. The minimum absolute atomic E-state index is 0.00159. The number of ether oxygens (including phenoxy) is 1. The van der Waals surface area contributed by atoms with Crippen LogP contribution >= 0.6 is 15.9 Å². The average Bonchev–Trinajstić information content (AvgIpc) is 2.66. The van der Waals surface area contributed by atoms with Crippen LogP contribution in [0.1, 0.15) is 16.8 Å². The first-order chi connectivity index (χ1) is 9.43. The molecule has 0 aliphatic carbocycles. The number of rotatable bonds is 3. The van der Waals surface area contributed by atoms with E-state index >= 15 is 0 Å². The molecule has 1 aromatic rings. The van der Waals surface area contributed by atoms with Crippen LogP contribution in [-0.2, 0) is 9.59 Å². The van der Waals surface area contributed by atoms with E-state index in [9.17, 15) is 14.4 Å². The summed E-state index contributed by atoms with van der Waals surface area (Å²) in [5.41, 5.74) is 0.382. The third-order valence-electron chi connectivity index (χ3n) is 3.10. The lowest BCUT2D eigenvalue weighted by Gasteiger charge is -2.12. The number of amides is 3. The van der Waals surface area contributed by atoms with Gasteiger partial charge in [0.15, 0.2) is 0 Å². The fraction of sp³-hybridized carbons (Fsp3) is 0.308. The van der Waals surface area contributed by atoms with Crippen LogP contribution in [0.3, 0.4) is 0 Å². The molecule has 0 spiro atoms. The molecule has 1 aromatic carbocycles. The molecule has 6 nitrogen and oxygen atoms in total. The van der Waals surface area contributed by atoms with Gasteiger partial charge < -0.3 is 10.1 Å². The van der Waals surface area contributed by atoms with Gasteiger partial charge in [0.05, 0.1) is 18.0 Å². The number of carbonyl (C=O) groups excluding carboxylic acids is 3. The highest BCUT2D eigenvalue weighted by atomic mass is 79.9. The van der Waals surface area contributed by atoms with Gasteiger partial charge in [-0.3, -0.25) is 19.3 Å². The SMILES string of the molecule is COc1ccc(C(=O)NC2CC(=O)N(C)C2=O)cc1Br. The fourth-order valence-corrected chi connectivity index (χ4v) is 2.46. The minimum atomic E-state index is -0.791. The molecule has 7 heteroatoms.